The zero-order valence-electron chi connectivity index (χ0n) is 12.0. The van der Waals surface area contributed by atoms with E-state index in [4.69, 9.17) is 4.74 Å². The molecule has 1 saturated carbocycles. The minimum atomic E-state index is 0.554. The lowest BCUT2D eigenvalue weighted by molar-refractivity contribution is 0.379. The molecule has 0 spiro atoms. The molecule has 0 bridgehead atoms. The molecule has 20 heavy (non-hydrogen) atoms. The molecule has 1 aromatic carbocycles. The molecule has 2 aromatic rings. The van der Waals surface area contributed by atoms with Gasteiger partial charge in [0.05, 0.1) is 7.11 Å². The lowest BCUT2D eigenvalue weighted by Gasteiger charge is -2.31. The largest absolute Gasteiger partial charge is 0.497 e. The average molecular weight is 267 g/mol. The van der Waals surface area contributed by atoms with Crippen LogP contribution in [0.25, 0.3) is 0 Å². The van der Waals surface area contributed by atoms with Crippen LogP contribution < -0.4 is 4.74 Å². The molecule has 0 aliphatic heterocycles. The summed E-state index contributed by atoms with van der Waals surface area (Å²) < 4.78 is 5.26. The van der Waals surface area contributed by atoms with E-state index in [2.05, 4.69) is 41.4 Å². The maximum absolute atomic E-state index is 5.26. The molecule has 0 saturated heterocycles. The van der Waals surface area contributed by atoms with Gasteiger partial charge in [-0.25, -0.2) is 0 Å². The number of aromatic nitrogens is 1. The highest BCUT2D eigenvalue weighted by molar-refractivity contribution is 5.32. The van der Waals surface area contributed by atoms with Gasteiger partial charge < -0.3 is 4.74 Å². The molecule has 3 rings (SSSR count). The van der Waals surface area contributed by atoms with Gasteiger partial charge in [0.25, 0.3) is 0 Å². The summed E-state index contributed by atoms with van der Waals surface area (Å²) in [5.41, 5.74) is 2.66. The van der Waals surface area contributed by atoms with E-state index >= 15 is 0 Å². The smallest absolute Gasteiger partial charge is 0.118 e. The Morgan fingerprint density at radius 1 is 0.950 bits per heavy atom. The van der Waals surface area contributed by atoms with Gasteiger partial charge in [-0.05, 0) is 48.6 Å². The van der Waals surface area contributed by atoms with E-state index in [1.54, 1.807) is 7.11 Å². The van der Waals surface area contributed by atoms with Crippen molar-refractivity contribution in [3.8, 4) is 5.75 Å². The number of nitrogens with zero attached hydrogens (tertiary/aromatic N) is 1. The van der Waals surface area contributed by atoms with E-state index in [-0.39, 0.29) is 0 Å². The van der Waals surface area contributed by atoms with Crippen molar-refractivity contribution in [1.29, 1.82) is 0 Å². The van der Waals surface area contributed by atoms with Gasteiger partial charge in [-0.3, -0.25) is 4.98 Å². The third kappa shape index (κ3) is 2.69. The Labute approximate surface area is 120 Å². The summed E-state index contributed by atoms with van der Waals surface area (Å²) in [5.74, 6) is 2.07. The van der Waals surface area contributed by atoms with Crippen molar-refractivity contribution in [2.75, 3.05) is 7.11 Å². The monoisotopic (exact) mass is 267 g/mol. The van der Waals surface area contributed by atoms with Crippen molar-refractivity contribution >= 4 is 0 Å². The summed E-state index contributed by atoms with van der Waals surface area (Å²) in [6.45, 7) is 0. The highest BCUT2D eigenvalue weighted by Gasteiger charge is 2.28. The maximum Gasteiger partial charge on any atom is 0.118 e. The lowest BCUT2D eigenvalue weighted by atomic mass is 9.74. The van der Waals surface area contributed by atoms with Gasteiger partial charge in [-0.1, -0.05) is 31.0 Å². The molecular weight excluding hydrogens is 246 g/mol. The minimum Gasteiger partial charge on any atom is -0.497 e. The standard InChI is InChI=1S/C18H21NO/c1-20-15-11-9-14(10-12-15)16-6-2-3-7-17(16)18-8-4-5-13-19-18/h4-5,8-13,16-17H,2-3,6-7H2,1H3/t16-,17-/m0/s1. The van der Waals surface area contributed by atoms with Crippen molar-refractivity contribution in [1.82, 2.24) is 4.98 Å². The molecular formula is C18H21NO. The van der Waals surface area contributed by atoms with E-state index in [0.717, 1.165) is 5.75 Å². The minimum absolute atomic E-state index is 0.554. The summed E-state index contributed by atoms with van der Waals surface area (Å²) >= 11 is 0. The Morgan fingerprint density at radius 3 is 2.35 bits per heavy atom. The van der Waals surface area contributed by atoms with Crippen LogP contribution in [0.2, 0.25) is 0 Å². The molecule has 1 aliphatic carbocycles. The number of rotatable bonds is 3. The molecule has 104 valence electrons. The fourth-order valence-electron chi connectivity index (χ4n) is 3.33. The zero-order valence-corrected chi connectivity index (χ0v) is 12.0. The van der Waals surface area contributed by atoms with Crippen LogP contribution in [0.3, 0.4) is 0 Å². The third-order valence-electron chi connectivity index (χ3n) is 4.38. The molecule has 1 heterocycles. The Kier molecular flexibility index (Phi) is 4.00. The van der Waals surface area contributed by atoms with Crippen LogP contribution in [0.15, 0.2) is 48.7 Å². The molecule has 0 unspecified atom stereocenters. The van der Waals surface area contributed by atoms with Crippen LogP contribution in [-0.4, -0.2) is 12.1 Å². The van der Waals surface area contributed by atoms with Crippen LogP contribution in [0.1, 0.15) is 48.8 Å². The topological polar surface area (TPSA) is 22.1 Å². The quantitative estimate of drug-likeness (QED) is 0.815. The van der Waals surface area contributed by atoms with Crippen molar-refractivity contribution in [2.45, 2.75) is 37.5 Å². The van der Waals surface area contributed by atoms with Gasteiger partial charge in [-0.15, -0.1) is 0 Å². The summed E-state index contributed by atoms with van der Waals surface area (Å²) in [6, 6.07) is 14.8. The van der Waals surface area contributed by atoms with Gasteiger partial charge >= 0.3 is 0 Å². The summed E-state index contributed by atoms with van der Waals surface area (Å²) in [6.07, 6.45) is 7.05. The Morgan fingerprint density at radius 2 is 1.70 bits per heavy atom. The van der Waals surface area contributed by atoms with Gasteiger partial charge in [0.2, 0.25) is 0 Å². The molecule has 0 radical (unpaired) electrons. The second-order valence-corrected chi connectivity index (χ2v) is 5.53. The van der Waals surface area contributed by atoms with Gasteiger partial charge in [0.15, 0.2) is 0 Å². The molecule has 1 aliphatic rings. The van der Waals surface area contributed by atoms with E-state index < -0.39 is 0 Å². The predicted molar refractivity (Wildman–Crippen MR) is 81.2 cm³/mol. The Bertz CT molecular complexity index is 535. The fraction of sp³-hybridized carbons (Fsp3) is 0.389. The van der Waals surface area contributed by atoms with Crippen LogP contribution in [-0.2, 0) is 0 Å². The summed E-state index contributed by atoms with van der Waals surface area (Å²) in [7, 11) is 1.71. The van der Waals surface area contributed by atoms with Crippen molar-refractivity contribution in [3.63, 3.8) is 0 Å². The van der Waals surface area contributed by atoms with Crippen molar-refractivity contribution in [2.24, 2.45) is 0 Å². The lowest BCUT2D eigenvalue weighted by Crippen LogP contribution is -2.17. The van der Waals surface area contributed by atoms with Gasteiger partial charge in [0, 0.05) is 17.8 Å². The molecule has 1 fully saturated rings. The van der Waals surface area contributed by atoms with Crippen molar-refractivity contribution < 1.29 is 4.74 Å². The number of hydrogen-bond acceptors (Lipinski definition) is 2. The Balaban J connectivity index is 1.88. The number of pyridine rings is 1. The van der Waals surface area contributed by atoms with Crippen LogP contribution in [0.5, 0.6) is 5.75 Å². The van der Waals surface area contributed by atoms with Crippen LogP contribution >= 0.6 is 0 Å². The molecule has 1 aromatic heterocycles. The van der Waals surface area contributed by atoms with Gasteiger partial charge in [0.1, 0.15) is 5.75 Å². The highest BCUT2D eigenvalue weighted by Crippen LogP contribution is 2.43. The summed E-state index contributed by atoms with van der Waals surface area (Å²) in [4.78, 5) is 4.59. The molecule has 0 amide bonds. The van der Waals surface area contributed by atoms with Crippen LogP contribution in [0.4, 0.5) is 0 Å². The number of methoxy groups -OCH3 is 1. The van der Waals surface area contributed by atoms with Crippen LogP contribution in [0, 0.1) is 0 Å². The first-order valence-corrected chi connectivity index (χ1v) is 7.43. The highest BCUT2D eigenvalue weighted by atomic mass is 16.5. The molecule has 0 N–H and O–H groups in total. The molecule has 2 atom stereocenters. The first-order chi connectivity index (χ1) is 9.88. The predicted octanol–water partition coefficient (Wildman–Crippen LogP) is 4.53. The van der Waals surface area contributed by atoms with E-state index in [1.165, 1.54) is 36.9 Å². The Hall–Kier alpha value is -1.83. The third-order valence-corrected chi connectivity index (χ3v) is 4.38. The number of benzene rings is 1. The van der Waals surface area contributed by atoms with E-state index in [1.807, 2.05) is 12.3 Å². The summed E-state index contributed by atoms with van der Waals surface area (Å²) in [5, 5.41) is 0. The number of ether oxygens (including phenoxy) is 1. The first-order valence-electron chi connectivity index (χ1n) is 7.43. The zero-order chi connectivity index (χ0) is 13.8. The van der Waals surface area contributed by atoms with Gasteiger partial charge in [-0.2, -0.15) is 0 Å². The normalized spacial score (nSPS) is 22.4. The second kappa shape index (κ2) is 6.08. The average Bonchev–Trinajstić information content (AvgIpc) is 2.56. The van der Waals surface area contributed by atoms with E-state index in [0.29, 0.717) is 11.8 Å². The maximum atomic E-state index is 5.26. The fourth-order valence-corrected chi connectivity index (χ4v) is 3.33. The molecule has 2 nitrogen and oxygen atoms in total. The SMILES string of the molecule is COc1ccc([C@@H]2CCCC[C@@H]2c2ccccn2)cc1. The number of hydrogen-bond donors (Lipinski definition) is 0. The van der Waals surface area contributed by atoms with Crippen molar-refractivity contribution in [3.05, 3.63) is 59.9 Å². The molecule has 2 heteroatoms. The van der Waals surface area contributed by atoms with E-state index in [9.17, 15) is 0 Å². The second-order valence-electron chi connectivity index (χ2n) is 5.53. The first kappa shape index (κ1) is 13.2.